The first-order chi connectivity index (χ1) is 20.3. The van der Waals surface area contributed by atoms with Crippen LogP contribution in [0.4, 0.5) is 8.78 Å². The molecule has 1 unspecified atom stereocenters. The Balaban J connectivity index is 1.45. The number of hydrogen-bond acceptors (Lipinski definition) is 6. The Morgan fingerprint density at radius 2 is 1.83 bits per heavy atom. The molecule has 1 aliphatic heterocycles. The molecule has 0 spiro atoms. The zero-order chi connectivity index (χ0) is 29.4. The van der Waals surface area contributed by atoms with Gasteiger partial charge in [-0.1, -0.05) is 17.3 Å². The number of nitrogens with zero attached hydrogens (tertiary/aromatic N) is 3. The average molecular weight is 578 g/mol. The van der Waals surface area contributed by atoms with Gasteiger partial charge < -0.3 is 18.6 Å². The molecule has 3 heterocycles. The number of benzene rings is 2. The van der Waals surface area contributed by atoms with Gasteiger partial charge in [0.25, 0.3) is 0 Å². The number of carbonyl (C=O) groups is 1. The number of imidazole rings is 1. The molecule has 0 radical (unpaired) electrons. The standard InChI is InChI=1S/C33H37F2N3O4/c1-19-32(20(2)42-37-19)23-6-13-31-30(16-23)36-33(38(31)24-7-10-26(40-3)11-8-24)27-18-41-17-25(39)9-5-22(27)14-21-4-12-28(34)29(35)15-21/h4,6,12-13,15-16,22,24,26-27H,5,7-11,14,17-18H2,1-3H3/t22?,24?,26?,27-/m0/s1. The largest absolute Gasteiger partial charge is 0.381 e. The van der Waals surface area contributed by atoms with Crippen LogP contribution in [0.15, 0.2) is 40.9 Å². The monoisotopic (exact) mass is 577 g/mol. The number of halogens is 2. The predicted octanol–water partition coefficient (Wildman–Crippen LogP) is 7.04. The smallest absolute Gasteiger partial charge is 0.159 e. The third kappa shape index (κ3) is 5.64. The number of fused-ring (bicyclic) bond motifs is 1. The van der Waals surface area contributed by atoms with E-state index in [1.807, 2.05) is 13.8 Å². The van der Waals surface area contributed by atoms with Crippen LogP contribution in [0.3, 0.4) is 0 Å². The van der Waals surface area contributed by atoms with E-state index >= 15 is 0 Å². The molecular formula is C33H37F2N3O4. The summed E-state index contributed by atoms with van der Waals surface area (Å²) < 4.78 is 47.4. The van der Waals surface area contributed by atoms with Gasteiger partial charge in [-0.3, -0.25) is 4.79 Å². The van der Waals surface area contributed by atoms with E-state index in [1.54, 1.807) is 13.2 Å². The number of ketones is 1. The van der Waals surface area contributed by atoms with Crippen LogP contribution in [0.25, 0.3) is 22.2 Å². The number of carbonyl (C=O) groups excluding carboxylic acids is 1. The number of ether oxygens (including phenoxy) is 2. The summed E-state index contributed by atoms with van der Waals surface area (Å²) in [6, 6.07) is 10.6. The van der Waals surface area contributed by atoms with Crippen LogP contribution in [0, 0.1) is 31.4 Å². The van der Waals surface area contributed by atoms with Crippen molar-refractivity contribution in [3.8, 4) is 11.1 Å². The summed E-state index contributed by atoms with van der Waals surface area (Å²) in [4.78, 5) is 17.7. The fourth-order valence-electron chi connectivity index (χ4n) is 6.91. The van der Waals surface area contributed by atoms with E-state index in [4.69, 9.17) is 19.0 Å². The fraction of sp³-hybridized carbons (Fsp3) is 0.485. The Morgan fingerprint density at radius 1 is 1.02 bits per heavy atom. The third-order valence-corrected chi connectivity index (χ3v) is 9.12. The van der Waals surface area contributed by atoms with E-state index in [9.17, 15) is 13.6 Å². The molecule has 2 aromatic carbocycles. The van der Waals surface area contributed by atoms with Crippen LogP contribution < -0.4 is 0 Å². The minimum Gasteiger partial charge on any atom is -0.381 e. The SMILES string of the molecule is COC1CCC(n2c([C@H]3COCC(=O)CCC3Cc3ccc(F)c(F)c3)nc3cc(-c4c(C)noc4C)ccc32)CC1. The van der Waals surface area contributed by atoms with Crippen molar-refractivity contribution in [2.24, 2.45) is 5.92 Å². The molecule has 0 bridgehead atoms. The molecule has 2 atom stereocenters. The summed E-state index contributed by atoms with van der Waals surface area (Å²) in [5.74, 6) is -0.185. The quantitative estimate of drug-likeness (QED) is 0.245. The molecule has 0 N–H and O–H groups in total. The zero-order valence-electron chi connectivity index (χ0n) is 24.4. The van der Waals surface area contributed by atoms with Gasteiger partial charge in [-0.2, -0.15) is 0 Å². The van der Waals surface area contributed by atoms with E-state index in [0.29, 0.717) is 31.4 Å². The molecule has 1 saturated carbocycles. The lowest BCUT2D eigenvalue weighted by Gasteiger charge is -2.34. The molecule has 2 aromatic heterocycles. The van der Waals surface area contributed by atoms with Crippen molar-refractivity contribution in [1.29, 1.82) is 0 Å². The Hall–Kier alpha value is -3.43. The van der Waals surface area contributed by atoms with Crippen LogP contribution in [0.5, 0.6) is 0 Å². The lowest BCUT2D eigenvalue weighted by atomic mass is 9.81. The van der Waals surface area contributed by atoms with Crippen molar-refractivity contribution in [1.82, 2.24) is 14.7 Å². The Morgan fingerprint density at radius 3 is 2.55 bits per heavy atom. The second-order valence-electron chi connectivity index (χ2n) is 11.8. The van der Waals surface area contributed by atoms with Crippen molar-refractivity contribution < 1.29 is 27.6 Å². The molecule has 2 fully saturated rings. The lowest BCUT2D eigenvalue weighted by molar-refractivity contribution is -0.125. The zero-order valence-corrected chi connectivity index (χ0v) is 24.4. The van der Waals surface area contributed by atoms with E-state index < -0.39 is 11.6 Å². The summed E-state index contributed by atoms with van der Waals surface area (Å²) >= 11 is 0. The van der Waals surface area contributed by atoms with E-state index in [0.717, 1.165) is 65.1 Å². The highest BCUT2D eigenvalue weighted by Crippen LogP contribution is 2.41. The minimum atomic E-state index is -0.867. The van der Waals surface area contributed by atoms with Gasteiger partial charge in [0, 0.05) is 31.1 Å². The van der Waals surface area contributed by atoms with Gasteiger partial charge in [-0.25, -0.2) is 13.8 Å². The van der Waals surface area contributed by atoms with Gasteiger partial charge in [-0.05, 0) is 93.7 Å². The highest BCUT2D eigenvalue weighted by Gasteiger charge is 2.34. The topological polar surface area (TPSA) is 79.4 Å². The Bertz CT molecular complexity index is 1570. The van der Waals surface area contributed by atoms with Crippen LogP contribution in [-0.2, 0) is 20.7 Å². The number of hydrogen-bond donors (Lipinski definition) is 0. The summed E-state index contributed by atoms with van der Waals surface area (Å²) in [5.41, 5.74) is 5.41. The molecule has 1 aliphatic carbocycles. The first-order valence-electron chi connectivity index (χ1n) is 14.8. The fourth-order valence-corrected chi connectivity index (χ4v) is 6.91. The molecule has 222 valence electrons. The molecule has 6 rings (SSSR count). The van der Waals surface area contributed by atoms with Gasteiger partial charge in [0.05, 0.1) is 29.4 Å². The first kappa shape index (κ1) is 28.7. The van der Waals surface area contributed by atoms with Crippen LogP contribution in [-0.4, -0.2) is 46.9 Å². The molecular weight excluding hydrogens is 540 g/mol. The molecule has 9 heteroatoms. The molecule has 4 aromatic rings. The Kier molecular flexibility index (Phi) is 8.23. The summed E-state index contributed by atoms with van der Waals surface area (Å²) in [6.07, 6.45) is 5.59. The second-order valence-corrected chi connectivity index (χ2v) is 11.8. The summed E-state index contributed by atoms with van der Waals surface area (Å²) in [7, 11) is 1.77. The van der Waals surface area contributed by atoms with E-state index in [-0.39, 0.29) is 36.4 Å². The minimum absolute atomic E-state index is 0.0491. The normalized spacial score (nSPS) is 23.7. The maximum Gasteiger partial charge on any atom is 0.159 e. The molecule has 7 nitrogen and oxygen atoms in total. The van der Waals surface area contributed by atoms with Gasteiger partial charge in [-0.15, -0.1) is 0 Å². The van der Waals surface area contributed by atoms with Gasteiger partial charge >= 0.3 is 0 Å². The predicted molar refractivity (Wildman–Crippen MR) is 154 cm³/mol. The van der Waals surface area contributed by atoms with Crippen molar-refractivity contribution in [2.45, 2.75) is 76.9 Å². The second kappa shape index (κ2) is 12.1. The maximum atomic E-state index is 14.2. The molecule has 0 amide bonds. The Labute approximate surface area is 244 Å². The van der Waals surface area contributed by atoms with E-state index in [1.165, 1.54) is 12.1 Å². The molecule has 42 heavy (non-hydrogen) atoms. The highest BCUT2D eigenvalue weighted by molar-refractivity contribution is 5.84. The third-order valence-electron chi connectivity index (χ3n) is 9.12. The number of rotatable bonds is 6. The van der Waals surface area contributed by atoms with Crippen molar-refractivity contribution >= 4 is 16.8 Å². The van der Waals surface area contributed by atoms with Crippen LogP contribution in [0.2, 0.25) is 0 Å². The van der Waals surface area contributed by atoms with Crippen LogP contribution >= 0.6 is 0 Å². The number of Topliss-reactive ketones (excluding diaryl/α,β-unsaturated/α-hetero) is 1. The average Bonchev–Trinajstić information content (AvgIpc) is 3.52. The van der Waals surface area contributed by atoms with Crippen molar-refractivity contribution in [3.63, 3.8) is 0 Å². The van der Waals surface area contributed by atoms with Crippen LogP contribution in [0.1, 0.15) is 73.3 Å². The summed E-state index contributed by atoms with van der Waals surface area (Å²) in [6.45, 7) is 4.25. The van der Waals surface area contributed by atoms with E-state index in [2.05, 4.69) is 27.9 Å². The van der Waals surface area contributed by atoms with Gasteiger partial charge in [0.2, 0.25) is 0 Å². The van der Waals surface area contributed by atoms with Crippen molar-refractivity contribution in [2.75, 3.05) is 20.3 Å². The van der Waals surface area contributed by atoms with Gasteiger partial charge in [0.15, 0.2) is 17.4 Å². The van der Waals surface area contributed by atoms with Gasteiger partial charge in [0.1, 0.15) is 18.2 Å². The molecule has 2 aliphatic rings. The number of aromatic nitrogens is 3. The summed E-state index contributed by atoms with van der Waals surface area (Å²) in [5, 5.41) is 4.14. The lowest BCUT2D eigenvalue weighted by Crippen LogP contribution is -2.30. The van der Waals surface area contributed by atoms with Crippen molar-refractivity contribution in [3.05, 3.63) is 70.9 Å². The first-order valence-corrected chi connectivity index (χ1v) is 14.8. The number of aryl methyl sites for hydroxylation is 2. The maximum absolute atomic E-state index is 14.2. The highest BCUT2D eigenvalue weighted by atomic mass is 19.2. The molecule has 1 saturated heterocycles. The number of methoxy groups -OCH3 is 1.